The highest BCUT2D eigenvalue weighted by Gasteiger charge is 2.44. The lowest BCUT2D eigenvalue weighted by molar-refractivity contribution is -0.137. The zero-order valence-corrected chi connectivity index (χ0v) is 29.4. The van der Waals surface area contributed by atoms with Gasteiger partial charge in [-0.05, 0) is 66.3 Å². The van der Waals surface area contributed by atoms with E-state index in [0.29, 0.717) is 41.4 Å². The SMILES string of the molecule is CC(C)CN(C[C@@H](O)[C@H](Cc1ccc(OCc2ccc(C(F)(F)F)cc2)cc1)NC(=O)O[C@H]1CO[C@H]2OCC[C@H]21)S(=O)(=O)c1ccc2c(c1)OCO2. The van der Waals surface area contributed by atoms with Crippen molar-refractivity contribution in [3.63, 3.8) is 0 Å². The minimum atomic E-state index is -4.43. The van der Waals surface area contributed by atoms with Crippen LogP contribution < -0.4 is 19.5 Å². The summed E-state index contributed by atoms with van der Waals surface area (Å²) in [6.07, 6.45) is -6.83. The maximum atomic E-state index is 13.9. The second kappa shape index (κ2) is 15.9. The molecule has 2 N–H and O–H groups in total. The first-order valence-corrected chi connectivity index (χ1v) is 18.4. The number of ether oxygens (including phenoxy) is 6. The van der Waals surface area contributed by atoms with Gasteiger partial charge in [-0.3, -0.25) is 0 Å². The molecule has 52 heavy (non-hydrogen) atoms. The van der Waals surface area contributed by atoms with Crippen LogP contribution in [0.15, 0.2) is 71.6 Å². The van der Waals surface area contributed by atoms with E-state index in [1.54, 1.807) is 24.3 Å². The van der Waals surface area contributed by atoms with Gasteiger partial charge in [0, 0.05) is 19.2 Å². The third-order valence-corrected chi connectivity index (χ3v) is 10.8. The minimum absolute atomic E-state index is 0.0234. The monoisotopic (exact) mass is 750 g/mol. The van der Waals surface area contributed by atoms with Crippen LogP contribution in [0.4, 0.5) is 18.0 Å². The van der Waals surface area contributed by atoms with Gasteiger partial charge in [-0.15, -0.1) is 0 Å². The van der Waals surface area contributed by atoms with Crippen LogP contribution >= 0.6 is 0 Å². The number of aliphatic hydroxyl groups excluding tert-OH is 1. The molecule has 0 spiro atoms. The highest BCUT2D eigenvalue weighted by Crippen LogP contribution is 2.36. The predicted molar refractivity (Wildman–Crippen MR) is 179 cm³/mol. The zero-order chi connectivity index (χ0) is 37.0. The second-order valence-electron chi connectivity index (χ2n) is 13.3. The smallest absolute Gasteiger partial charge is 0.416 e. The number of benzene rings is 3. The summed E-state index contributed by atoms with van der Waals surface area (Å²) in [7, 11) is -4.13. The van der Waals surface area contributed by atoms with Gasteiger partial charge < -0.3 is 38.8 Å². The number of alkyl carbamates (subject to hydrolysis) is 1. The Morgan fingerprint density at radius 1 is 0.981 bits per heavy atom. The first-order chi connectivity index (χ1) is 24.8. The van der Waals surface area contributed by atoms with E-state index in [2.05, 4.69) is 5.32 Å². The summed E-state index contributed by atoms with van der Waals surface area (Å²) in [5.41, 5.74) is 0.475. The molecule has 5 atom stereocenters. The molecule has 0 aliphatic carbocycles. The number of nitrogens with one attached hydrogen (secondary N) is 1. The Kier molecular flexibility index (Phi) is 11.5. The predicted octanol–water partition coefficient (Wildman–Crippen LogP) is 5.12. The van der Waals surface area contributed by atoms with E-state index in [1.165, 1.54) is 34.6 Å². The Bertz CT molecular complexity index is 1790. The molecule has 0 radical (unpaired) electrons. The quantitative estimate of drug-likeness (QED) is 0.228. The van der Waals surface area contributed by atoms with Crippen LogP contribution in [-0.4, -0.2) is 81.6 Å². The number of carbonyl (C=O) groups excluding carboxylic acids is 1. The summed E-state index contributed by atoms with van der Waals surface area (Å²) in [6.45, 7) is 4.11. The van der Waals surface area contributed by atoms with E-state index in [1.807, 2.05) is 13.8 Å². The van der Waals surface area contributed by atoms with Crippen molar-refractivity contribution in [1.29, 1.82) is 0 Å². The molecule has 1 amide bonds. The van der Waals surface area contributed by atoms with Crippen LogP contribution in [0.1, 0.15) is 37.0 Å². The molecule has 0 saturated carbocycles. The summed E-state index contributed by atoms with van der Waals surface area (Å²) in [4.78, 5) is 13.2. The number of nitrogens with zero attached hydrogens (tertiary/aromatic N) is 1. The van der Waals surface area contributed by atoms with Crippen molar-refractivity contribution in [2.75, 3.05) is 33.1 Å². The minimum Gasteiger partial charge on any atom is -0.489 e. The standard InChI is InChI=1S/C36H41F3N2O10S/c1-22(2)17-41(52(44,45)27-11-12-31-32(16-27)50-21-49-31)18-30(42)29(40-35(43)51-33-20-48-34-28(33)13-14-46-34)15-23-5-9-26(10-6-23)47-19-24-3-7-25(8-4-24)36(37,38)39/h3-12,16,22,28-30,33-34,42H,13-15,17-21H2,1-2H3,(H,40,43)/t28-,29-,30+,33-,34+/m0/s1. The average molecular weight is 751 g/mol. The van der Waals surface area contributed by atoms with Gasteiger partial charge in [0.15, 0.2) is 17.8 Å². The molecule has 6 rings (SSSR count). The first kappa shape index (κ1) is 37.7. The van der Waals surface area contributed by atoms with Crippen LogP contribution in [0.3, 0.4) is 0 Å². The van der Waals surface area contributed by atoms with Crippen molar-refractivity contribution in [2.45, 2.75) is 68.9 Å². The third kappa shape index (κ3) is 9.09. The Morgan fingerprint density at radius 2 is 1.69 bits per heavy atom. The molecular weight excluding hydrogens is 709 g/mol. The fraction of sp³-hybridized carbons (Fsp3) is 0.472. The van der Waals surface area contributed by atoms with Crippen molar-refractivity contribution >= 4 is 16.1 Å². The lowest BCUT2D eigenvalue weighted by Gasteiger charge is -2.31. The van der Waals surface area contributed by atoms with Crippen molar-refractivity contribution in [3.05, 3.63) is 83.4 Å². The van der Waals surface area contributed by atoms with Crippen LogP contribution in [0.2, 0.25) is 0 Å². The van der Waals surface area contributed by atoms with E-state index >= 15 is 0 Å². The van der Waals surface area contributed by atoms with Crippen LogP contribution in [0.5, 0.6) is 17.2 Å². The van der Waals surface area contributed by atoms with Crippen LogP contribution in [0.25, 0.3) is 0 Å². The number of aliphatic hydroxyl groups is 1. The lowest BCUT2D eigenvalue weighted by Crippen LogP contribution is -2.51. The van der Waals surface area contributed by atoms with Gasteiger partial charge in [-0.2, -0.15) is 17.5 Å². The van der Waals surface area contributed by atoms with E-state index in [9.17, 15) is 31.5 Å². The molecule has 2 fully saturated rings. The van der Waals surface area contributed by atoms with Gasteiger partial charge in [0.25, 0.3) is 0 Å². The Balaban J connectivity index is 1.16. The molecule has 0 unspecified atom stereocenters. The number of alkyl halides is 3. The summed E-state index contributed by atoms with van der Waals surface area (Å²) in [5, 5.41) is 14.4. The summed E-state index contributed by atoms with van der Waals surface area (Å²) >= 11 is 0. The van der Waals surface area contributed by atoms with Gasteiger partial charge in [-0.1, -0.05) is 38.1 Å². The number of amides is 1. The van der Waals surface area contributed by atoms with E-state index < -0.39 is 52.4 Å². The number of sulfonamides is 1. The number of halogens is 3. The normalized spacial score (nSPS) is 20.9. The molecule has 3 aliphatic rings. The highest BCUT2D eigenvalue weighted by atomic mass is 32.2. The molecule has 12 nitrogen and oxygen atoms in total. The Hall–Kier alpha value is -4.09. The molecule has 282 valence electrons. The topological polar surface area (TPSA) is 142 Å². The third-order valence-electron chi connectivity index (χ3n) is 9.02. The summed E-state index contributed by atoms with van der Waals surface area (Å²) < 4.78 is 101. The van der Waals surface area contributed by atoms with E-state index in [4.69, 9.17) is 28.4 Å². The van der Waals surface area contributed by atoms with Gasteiger partial charge >= 0.3 is 12.3 Å². The van der Waals surface area contributed by atoms with Crippen LogP contribution in [-0.2, 0) is 43.4 Å². The molecule has 0 bridgehead atoms. The van der Waals surface area contributed by atoms with Gasteiger partial charge in [0.2, 0.25) is 16.8 Å². The van der Waals surface area contributed by atoms with Gasteiger partial charge in [0.05, 0.1) is 41.7 Å². The second-order valence-corrected chi connectivity index (χ2v) is 15.3. The number of fused-ring (bicyclic) bond motifs is 2. The Morgan fingerprint density at radius 3 is 2.40 bits per heavy atom. The fourth-order valence-electron chi connectivity index (χ4n) is 6.29. The first-order valence-electron chi connectivity index (χ1n) is 16.9. The van der Waals surface area contributed by atoms with Crippen LogP contribution in [0, 0.1) is 11.8 Å². The largest absolute Gasteiger partial charge is 0.489 e. The van der Waals surface area contributed by atoms with E-state index in [0.717, 1.165) is 12.1 Å². The average Bonchev–Trinajstić information content (AvgIpc) is 3.86. The van der Waals surface area contributed by atoms with Gasteiger partial charge in [-0.25, -0.2) is 13.2 Å². The number of hydrogen-bond acceptors (Lipinski definition) is 10. The fourth-order valence-corrected chi connectivity index (χ4v) is 7.92. The molecule has 3 aromatic carbocycles. The number of rotatable bonds is 14. The molecule has 2 saturated heterocycles. The zero-order valence-electron chi connectivity index (χ0n) is 28.6. The van der Waals surface area contributed by atoms with Crippen molar-refractivity contribution in [3.8, 4) is 17.2 Å². The molecular formula is C36H41F3N2O10S. The van der Waals surface area contributed by atoms with Crippen molar-refractivity contribution in [1.82, 2.24) is 9.62 Å². The molecule has 3 heterocycles. The van der Waals surface area contributed by atoms with Crippen molar-refractivity contribution < 1.29 is 59.9 Å². The number of carbonyl (C=O) groups is 1. The highest BCUT2D eigenvalue weighted by molar-refractivity contribution is 7.89. The maximum absolute atomic E-state index is 13.9. The Labute approximate surface area is 299 Å². The lowest BCUT2D eigenvalue weighted by atomic mass is 10.0. The molecule has 3 aliphatic heterocycles. The summed E-state index contributed by atoms with van der Waals surface area (Å²) in [5.74, 6) is 0.951. The molecule has 3 aromatic rings. The van der Waals surface area contributed by atoms with Gasteiger partial charge in [0.1, 0.15) is 18.5 Å². The molecule has 16 heteroatoms. The maximum Gasteiger partial charge on any atom is 0.416 e. The summed E-state index contributed by atoms with van der Waals surface area (Å²) in [6, 6.07) is 14.8. The number of hydrogen-bond donors (Lipinski definition) is 2. The molecule has 0 aromatic heterocycles. The van der Waals surface area contributed by atoms with Crippen molar-refractivity contribution in [2.24, 2.45) is 11.8 Å². The van der Waals surface area contributed by atoms with E-state index in [-0.39, 0.29) is 56.2 Å².